The normalized spacial score (nSPS) is 10.2. The van der Waals surface area contributed by atoms with Crippen molar-refractivity contribution in [3.05, 3.63) is 59.7 Å². The van der Waals surface area contributed by atoms with Crippen LogP contribution in [0.25, 0.3) is 11.3 Å². The maximum absolute atomic E-state index is 12.3. The second kappa shape index (κ2) is 7.01. The largest absolute Gasteiger partial charge is 0.326 e. The van der Waals surface area contributed by atoms with Gasteiger partial charge in [-0.25, -0.2) is 4.98 Å². The SMILES string of the molecule is CC(=O)Nc1cccc(C(=O)Nc2nc(-c3cccnc3)cs2)c1. The highest BCUT2D eigenvalue weighted by Gasteiger charge is 2.11. The van der Waals surface area contributed by atoms with Crippen molar-refractivity contribution in [1.29, 1.82) is 0 Å². The summed E-state index contributed by atoms with van der Waals surface area (Å²) < 4.78 is 0. The summed E-state index contributed by atoms with van der Waals surface area (Å²) in [7, 11) is 0. The van der Waals surface area contributed by atoms with Crippen LogP contribution in [0.3, 0.4) is 0 Å². The molecule has 0 aliphatic rings. The van der Waals surface area contributed by atoms with Crippen molar-refractivity contribution in [2.45, 2.75) is 6.92 Å². The molecule has 3 rings (SSSR count). The molecule has 2 heterocycles. The summed E-state index contributed by atoms with van der Waals surface area (Å²) >= 11 is 1.34. The Morgan fingerprint density at radius 1 is 1.12 bits per heavy atom. The van der Waals surface area contributed by atoms with Gasteiger partial charge in [0.05, 0.1) is 5.69 Å². The fourth-order valence-electron chi connectivity index (χ4n) is 2.09. The molecule has 0 aliphatic heterocycles. The summed E-state index contributed by atoms with van der Waals surface area (Å²) in [4.78, 5) is 31.9. The molecule has 7 heteroatoms. The van der Waals surface area contributed by atoms with Crippen LogP contribution in [0.5, 0.6) is 0 Å². The molecule has 120 valence electrons. The lowest BCUT2D eigenvalue weighted by molar-refractivity contribution is -0.114. The zero-order chi connectivity index (χ0) is 16.9. The standard InChI is InChI=1S/C17H14N4O2S/c1-11(22)19-14-6-2-4-12(8-14)16(23)21-17-20-15(10-24-17)13-5-3-7-18-9-13/h2-10H,1H3,(H,19,22)(H,20,21,23). The van der Waals surface area contributed by atoms with E-state index in [1.807, 2.05) is 17.5 Å². The molecule has 2 N–H and O–H groups in total. The second-order valence-electron chi connectivity index (χ2n) is 5.00. The number of nitrogens with zero attached hydrogens (tertiary/aromatic N) is 2. The summed E-state index contributed by atoms with van der Waals surface area (Å²) in [5.74, 6) is -0.470. The maximum Gasteiger partial charge on any atom is 0.257 e. The Balaban J connectivity index is 1.73. The molecule has 0 saturated heterocycles. The van der Waals surface area contributed by atoms with Crippen LogP contribution in [0, 0.1) is 0 Å². The molecule has 0 unspecified atom stereocenters. The zero-order valence-electron chi connectivity index (χ0n) is 12.8. The monoisotopic (exact) mass is 338 g/mol. The summed E-state index contributed by atoms with van der Waals surface area (Å²) in [6.07, 6.45) is 3.41. The maximum atomic E-state index is 12.3. The predicted octanol–water partition coefficient (Wildman–Crippen LogP) is 3.42. The molecule has 24 heavy (non-hydrogen) atoms. The number of rotatable bonds is 4. The number of carbonyl (C=O) groups is 2. The van der Waals surface area contributed by atoms with Crippen LogP contribution < -0.4 is 10.6 Å². The van der Waals surface area contributed by atoms with Gasteiger partial charge in [-0.1, -0.05) is 6.07 Å². The molecule has 0 atom stereocenters. The first kappa shape index (κ1) is 15.8. The Kier molecular flexibility index (Phi) is 4.62. The van der Waals surface area contributed by atoms with Crippen LogP contribution in [-0.2, 0) is 4.79 Å². The van der Waals surface area contributed by atoms with Crippen LogP contribution in [0.15, 0.2) is 54.2 Å². The van der Waals surface area contributed by atoms with Crippen molar-refractivity contribution >= 4 is 34.0 Å². The van der Waals surface area contributed by atoms with E-state index in [2.05, 4.69) is 20.6 Å². The minimum atomic E-state index is -0.283. The molecule has 0 spiro atoms. The quantitative estimate of drug-likeness (QED) is 0.763. The van der Waals surface area contributed by atoms with Gasteiger partial charge in [-0.2, -0.15) is 0 Å². The van der Waals surface area contributed by atoms with Crippen LogP contribution in [0.1, 0.15) is 17.3 Å². The summed E-state index contributed by atoms with van der Waals surface area (Å²) in [6.45, 7) is 1.42. The summed E-state index contributed by atoms with van der Waals surface area (Å²) in [5, 5.41) is 7.78. The average molecular weight is 338 g/mol. The Hall–Kier alpha value is -3.06. The zero-order valence-corrected chi connectivity index (χ0v) is 13.6. The van der Waals surface area contributed by atoms with Crippen molar-refractivity contribution < 1.29 is 9.59 Å². The molecule has 0 aliphatic carbocycles. The number of benzene rings is 1. The van der Waals surface area contributed by atoms with Gasteiger partial charge in [-0.3, -0.25) is 19.9 Å². The Morgan fingerprint density at radius 3 is 2.75 bits per heavy atom. The first-order valence-corrected chi connectivity index (χ1v) is 8.05. The summed E-state index contributed by atoms with van der Waals surface area (Å²) in [5.41, 5.74) is 2.67. The Morgan fingerprint density at radius 2 is 2.00 bits per heavy atom. The van der Waals surface area contributed by atoms with Gasteiger partial charge in [0.1, 0.15) is 0 Å². The molecular formula is C17H14N4O2S. The molecule has 0 radical (unpaired) electrons. The number of thiazole rings is 1. The number of pyridine rings is 1. The van der Waals surface area contributed by atoms with Crippen LogP contribution in [0.2, 0.25) is 0 Å². The lowest BCUT2D eigenvalue weighted by Gasteiger charge is -2.05. The summed E-state index contributed by atoms with van der Waals surface area (Å²) in [6, 6.07) is 10.5. The molecule has 1 aromatic carbocycles. The van der Waals surface area contributed by atoms with Gasteiger partial charge >= 0.3 is 0 Å². The highest BCUT2D eigenvalue weighted by molar-refractivity contribution is 7.14. The fourth-order valence-corrected chi connectivity index (χ4v) is 2.80. The van der Waals surface area contributed by atoms with E-state index in [9.17, 15) is 9.59 Å². The number of aromatic nitrogens is 2. The first-order chi connectivity index (χ1) is 11.6. The van der Waals surface area contributed by atoms with Crippen molar-refractivity contribution in [1.82, 2.24) is 9.97 Å². The van der Waals surface area contributed by atoms with Crippen molar-refractivity contribution in [2.75, 3.05) is 10.6 Å². The smallest absolute Gasteiger partial charge is 0.257 e. The fraction of sp³-hybridized carbons (Fsp3) is 0.0588. The molecular weight excluding hydrogens is 324 g/mol. The lowest BCUT2D eigenvalue weighted by Crippen LogP contribution is -2.13. The molecule has 0 bridgehead atoms. The molecule has 3 aromatic rings. The van der Waals surface area contributed by atoms with Gasteiger partial charge in [0.2, 0.25) is 5.91 Å². The number of anilines is 2. The molecule has 2 amide bonds. The third kappa shape index (κ3) is 3.82. The molecule has 0 saturated carbocycles. The highest BCUT2D eigenvalue weighted by atomic mass is 32.1. The third-order valence-corrected chi connectivity index (χ3v) is 3.88. The number of nitrogens with one attached hydrogen (secondary N) is 2. The molecule has 0 fully saturated rings. The van der Waals surface area contributed by atoms with E-state index in [1.54, 1.807) is 36.7 Å². The second-order valence-corrected chi connectivity index (χ2v) is 5.85. The number of hydrogen-bond acceptors (Lipinski definition) is 5. The topological polar surface area (TPSA) is 84.0 Å². The molecule has 6 nitrogen and oxygen atoms in total. The van der Waals surface area contributed by atoms with E-state index in [0.717, 1.165) is 11.3 Å². The Labute approximate surface area is 142 Å². The molecule has 2 aromatic heterocycles. The predicted molar refractivity (Wildman–Crippen MR) is 94.0 cm³/mol. The van der Waals surface area contributed by atoms with Crippen LogP contribution in [0.4, 0.5) is 10.8 Å². The third-order valence-electron chi connectivity index (χ3n) is 3.13. The van der Waals surface area contributed by atoms with E-state index < -0.39 is 0 Å². The minimum Gasteiger partial charge on any atom is -0.326 e. The van der Waals surface area contributed by atoms with E-state index >= 15 is 0 Å². The van der Waals surface area contributed by atoms with Gasteiger partial charge in [-0.05, 0) is 30.3 Å². The number of carbonyl (C=O) groups excluding carboxylic acids is 2. The van der Waals surface area contributed by atoms with E-state index in [0.29, 0.717) is 16.4 Å². The first-order valence-electron chi connectivity index (χ1n) is 7.17. The van der Waals surface area contributed by atoms with Crippen molar-refractivity contribution in [2.24, 2.45) is 0 Å². The highest BCUT2D eigenvalue weighted by Crippen LogP contribution is 2.24. The van der Waals surface area contributed by atoms with Crippen LogP contribution in [-0.4, -0.2) is 21.8 Å². The lowest BCUT2D eigenvalue weighted by atomic mass is 10.2. The number of amides is 2. The van der Waals surface area contributed by atoms with Crippen molar-refractivity contribution in [3.8, 4) is 11.3 Å². The van der Waals surface area contributed by atoms with Gasteiger partial charge < -0.3 is 5.32 Å². The van der Waals surface area contributed by atoms with Gasteiger partial charge in [0.15, 0.2) is 5.13 Å². The van der Waals surface area contributed by atoms with Crippen LogP contribution >= 0.6 is 11.3 Å². The Bertz CT molecular complexity index is 877. The van der Waals surface area contributed by atoms with E-state index in [1.165, 1.54) is 18.3 Å². The van der Waals surface area contributed by atoms with Crippen molar-refractivity contribution in [3.63, 3.8) is 0 Å². The number of hydrogen-bond donors (Lipinski definition) is 2. The average Bonchev–Trinajstić information content (AvgIpc) is 3.04. The van der Waals surface area contributed by atoms with Gasteiger partial charge in [-0.15, -0.1) is 11.3 Å². The minimum absolute atomic E-state index is 0.186. The van der Waals surface area contributed by atoms with E-state index in [-0.39, 0.29) is 11.8 Å². The van der Waals surface area contributed by atoms with Gasteiger partial charge in [0, 0.05) is 41.5 Å². The van der Waals surface area contributed by atoms with E-state index in [4.69, 9.17) is 0 Å². The van der Waals surface area contributed by atoms with Gasteiger partial charge in [0.25, 0.3) is 5.91 Å².